The lowest BCUT2D eigenvalue weighted by atomic mass is 10.2. The normalized spacial score (nSPS) is 17.5. The molecule has 0 unspecified atom stereocenters. The van der Waals surface area contributed by atoms with E-state index in [9.17, 15) is 13.2 Å². The van der Waals surface area contributed by atoms with Crippen LogP contribution in [0.1, 0.15) is 15.2 Å². The van der Waals surface area contributed by atoms with Crippen molar-refractivity contribution in [2.75, 3.05) is 42.3 Å². The number of thiophene rings is 1. The molecule has 0 radical (unpaired) electrons. The molecule has 0 aliphatic carbocycles. The van der Waals surface area contributed by atoms with E-state index in [0.29, 0.717) is 5.00 Å². The molecule has 2 N–H and O–H groups in total. The zero-order valence-electron chi connectivity index (χ0n) is 10.7. The Labute approximate surface area is 120 Å². The maximum atomic E-state index is 11.8. The molecular weight excluding hydrogens is 302 g/mol. The predicted octanol–water partition coefficient (Wildman–Crippen LogP) is 0.223. The van der Waals surface area contributed by atoms with E-state index in [1.807, 2.05) is 6.07 Å². The number of hydrogen-bond donors (Lipinski definition) is 1. The van der Waals surface area contributed by atoms with Crippen molar-refractivity contribution in [2.24, 2.45) is 0 Å². The van der Waals surface area contributed by atoms with E-state index in [2.05, 4.69) is 4.74 Å². The van der Waals surface area contributed by atoms with Gasteiger partial charge in [0.15, 0.2) is 9.84 Å². The number of rotatable bonds is 2. The molecule has 1 saturated heterocycles. The Balaban J connectivity index is 2.42. The highest BCUT2D eigenvalue weighted by Crippen LogP contribution is 2.38. The van der Waals surface area contributed by atoms with E-state index in [4.69, 9.17) is 11.0 Å². The molecule has 9 heteroatoms. The molecule has 1 aliphatic rings. The number of nitrogens with zero attached hydrogens (tertiary/aromatic N) is 2. The number of nitriles is 1. The quantitative estimate of drug-likeness (QED) is 0.777. The first-order valence-electron chi connectivity index (χ1n) is 5.75. The van der Waals surface area contributed by atoms with E-state index in [0.717, 1.165) is 11.3 Å². The second kappa shape index (κ2) is 5.30. The van der Waals surface area contributed by atoms with Crippen LogP contribution in [0.15, 0.2) is 0 Å². The van der Waals surface area contributed by atoms with Crippen molar-refractivity contribution in [1.82, 2.24) is 0 Å². The van der Waals surface area contributed by atoms with Gasteiger partial charge in [-0.05, 0) is 0 Å². The molecule has 1 fully saturated rings. The van der Waals surface area contributed by atoms with Crippen LogP contribution in [0.2, 0.25) is 0 Å². The summed E-state index contributed by atoms with van der Waals surface area (Å²) in [4.78, 5) is 13.8. The van der Waals surface area contributed by atoms with Crippen LogP contribution in [0.5, 0.6) is 0 Å². The van der Waals surface area contributed by atoms with Crippen molar-refractivity contribution < 1.29 is 17.9 Å². The van der Waals surface area contributed by atoms with Crippen molar-refractivity contribution in [3.8, 4) is 6.07 Å². The summed E-state index contributed by atoms with van der Waals surface area (Å²) in [6.07, 6.45) is 0. The fourth-order valence-electron chi connectivity index (χ4n) is 1.95. The fourth-order valence-corrected chi connectivity index (χ4v) is 4.21. The van der Waals surface area contributed by atoms with E-state index in [-0.39, 0.29) is 40.7 Å². The first-order valence-corrected chi connectivity index (χ1v) is 8.39. The Kier molecular flexibility index (Phi) is 3.87. The van der Waals surface area contributed by atoms with Crippen LogP contribution in [0, 0.1) is 11.3 Å². The summed E-state index contributed by atoms with van der Waals surface area (Å²) in [6, 6.07) is 1.93. The van der Waals surface area contributed by atoms with Crippen molar-refractivity contribution in [2.45, 2.75) is 0 Å². The smallest absolute Gasteiger partial charge is 0.343 e. The highest BCUT2D eigenvalue weighted by Gasteiger charge is 2.30. The van der Waals surface area contributed by atoms with Gasteiger partial charge in [0.05, 0.1) is 24.3 Å². The van der Waals surface area contributed by atoms with Gasteiger partial charge >= 0.3 is 5.97 Å². The molecule has 1 aliphatic heterocycles. The van der Waals surface area contributed by atoms with Crippen LogP contribution < -0.4 is 10.6 Å². The number of nitrogen functional groups attached to an aromatic ring is 1. The van der Waals surface area contributed by atoms with E-state index >= 15 is 0 Å². The molecule has 108 valence electrons. The first-order chi connectivity index (χ1) is 9.39. The zero-order chi connectivity index (χ0) is 14.9. The van der Waals surface area contributed by atoms with Crippen molar-refractivity contribution in [3.63, 3.8) is 0 Å². The average Bonchev–Trinajstić information content (AvgIpc) is 2.75. The number of esters is 1. The van der Waals surface area contributed by atoms with E-state index in [1.54, 1.807) is 4.90 Å². The zero-order valence-corrected chi connectivity index (χ0v) is 12.4. The molecule has 0 spiro atoms. The van der Waals surface area contributed by atoms with E-state index in [1.165, 1.54) is 7.11 Å². The van der Waals surface area contributed by atoms with Crippen molar-refractivity contribution in [3.05, 3.63) is 10.4 Å². The molecular formula is C11H13N3O4S2. The molecule has 2 heterocycles. The summed E-state index contributed by atoms with van der Waals surface area (Å²) in [5.74, 6) is -0.579. The molecule has 0 amide bonds. The number of nitrogens with two attached hydrogens (primary N) is 1. The monoisotopic (exact) mass is 315 g/mol. The topological polar surface area (TPSA) is 113 Å². The fraction of sp³-hybridized carbons (Fsp3) is 0.455. The van der Waals surface area contributed by atoms with Gasteiger partial charge in [-0.2, -0.15) is 5.26 Å². The highest BCUT2D eigenvalue weighted by molar-refractivity contribution is 7.91. The SMILES string of the molecule is COC(=O)c1c(N2CCS(=O)(=O)CC2)sc(C#N)c1N. The highest BCUT2D eigenvalue weighted by atomic mass is 32.2. The number of ether oxygens (including phenoxy) is 1. The van der Waals surface area contributed by atoms with Gasteiger partial charge in [-0.1, -0.05) is 0 Å². The summed E-state index contributed by atoms with van der Waals surface area (Å²) in [5, 5.41) is 9.51. The summed E-state index contributed by atoms with van der Waals surface area (Å²) in [5.41, 5.74) is 6.03. The molecule has 0 aromatic carbocycles. The average molecular weight is 315 g/mol. The van der Waals surface area contributed by atoms with Crippen LogP contribution in [0.3, 0.4) is 0 Å². The molecule has 1 aromatic rings. The molecule has 0 atom stereocenters. The van der Waals surface area contributed by atoms with Crippen LogP contribution in [0.4, 0.5) is 10.7 Å². The van der Waals surface area contributed by atoms with Crippen LogP contribution in [-0.4, -0.2) is 46.1 Å². The molecule has 0 saturated carbocycles. The number of hydrogen-bond acceptors (Lipinski definition) is 8. The number of carbonyl (C=O) groups excluding carboxylic acids is 1. The summed E-state index contributed by atoms with van der Waals surface area (Å²) in [6.45, 7) is 0.550. The van der Waals surface area contributed by atoms with Crippen molar-refractivity contribution in [1.29, 1.82) is 5.26 Å². The Morgan fingerprint density at radius 1 is 1.45 bits per heavy atom. The Morgan fingerprint density at radius 2 is 2.05 bits per heavy atom. The molecule has 1 aromatic heterocycles. The second-order valence-electron chi connectivity index (χ2n) is 4.27. The predicted molar refractivity (Wildman–Crippen MR) is 75.7 cm³/mol. The Morgan fingerprint density at radius 3 is 2.55 bits per heavy atom. The largest absolute Gasteiger partial charge is 0.465 e. The van der Waals surface area contributed by atoms with Gasteiger partial charge in [0.1, 0.15) is 21.5 Å². The molecule has 2 rings (SSSR count). The van der Waals surface area contributed by atoms with Gasteiger partial charge in [-0.15, -0.1) is 11.3 Å². The third kappa shape index (κ3) is 2.57. The Hall–Kier alpha value is -1.79. The van der Waals surface area contributed by atoms with E-state index < -0.39 is 15.8 Å². The molecule has 20 heavy (non-hydrogen) atoms. The number of anilines is 2. The minimum absolute atomic E-state index is 0.0211. The maximum Gasteiger partial charge on any atom is 0.343 e. The minimum atomic E-state index is -3.02. The lowest BCUT2D eigenvalue weighted by Crippen LogP contribution is -2.40. The number of carbonyl (C=O) groups is 1. The Bertz CT molecular complexity index is 673. The number of methoxy groups -OCH3 is 1. The van der Waals surface area contributed by atoms with Crippen LogP contribution >= 0.6 is 11.3 Å². The first kappa shape index (κ1) is 14.6. The van der Waals surface area contributed by atoms with Gasteiger partial charge in [-0.3, -0.25) is 0 Å². The van der Waals surface area contributed by atoms with Gasteiger partial charge in [-0.25, -0.2) is 13.2 Å². The van der Waals surface area contributed by atoms with Crippen LogP contribution in [0.25, 0.3) is 0 Å². The standard InChI is InChI=1S/C11H13N3O4S2/c1-18-11(15)8-9(13)7(6-12)19-10(8)14-2-4-20(16,17)5-3-14/h2-5,13H2,1H3. The van der Waals surface area contributed by atoms with Crippen molar-refractivity contribution >= 4 is 37.8 Å². The third-order valence-electron chi connectivity index (χ3n) is 3.05. The maximum absolute atomic E-state index is 11.8. The number of sulfone groups is 1. The minimum Gasteiger partial charge on any atom is -0.465 e. The van der Waals surface area contributed by atoms with Crippen LogP contribution in [-0.2, 0) is 14.6 Å². The summed E-state index contributed by atoms with van der Waals surface area (Å²) in [7, 11) is -1.79. The third-order valence-corrected chi connectivity index (χ3v) is 5.83. The summed E-state index contributed by atoms with van der Waals surface area (Å²) >= 11 is 1.08. The lowest BCUT2D eigenvalue weighted by Gasteiger charge is -2.28. The molecule has 7 nitrogen and oxygen atoms in total. The second-order valence-corrected chi connectivity index (χ2v) is 7.57. The molecule has 0 bridgehead atoms. The van der Waals surface area contributed by atoms with Gasteiger partial charge in [0, 0.05) is 13.1 Å². The van der Waals surface area contributed by atoms with Gasteiger partial charge in [0.2, 0.25) is 0 Å². The van der Waals surface area contributed by atoms with Gasteiger partial charge in [0.25, 0.3) is 0 Å². The summed E-state index contributed by atoms with van der Waals surface area (Å²) < 4.78 is 27.6. The van der Waals surface area contributed by atoms with Gasteiger partial charge < -0.3 is 15.4 Å². The lowest BCUT2D eigenvalue weighted by molar-refractivity contribution is 0.0603.